The fraction of sp³-hybridized carbons (Fsp3) is 0.400. The standard InChI is InChI=1S/C15H20N2O4/c1-10(15(20)21)7-8-16-14(19)13-5-3-12(4-6-13)9-17-11(2)18/h3-6,10H,7-9H2,1-2H3,(H,16,19)(H,17,18)(H,20,21). The topological polar surface area (TPSA) is 95.5 Å². The summed E-state index contributed by atoms with van der Waals surface area (Å²) in [6.45, 7) is 3.79. The van der Waals surface area contributed by atoms with Crippen LogP contribution in [0.25, 0.3) is 0 Å². The quantitative estimate of drug-likeness (QED) is 0.703. The van der Waals surface area contributed by atoms with E-state index in [9.17, 15) is 14.4 Å². The van der Waals surface area contributed by atoms with E-state index in [4.69, 9.17) is 5.11 Å². The number of carbonyl (C=O) groups excluding carboxylic acids is 2. The highest BCUT2D eigenvalue weighted by Crippen LogP contribution is 2.05. The molecule has 0 saturated heterocycles. The van der Waals surface area contributed by atoms with Crippen molar-refractivity contribution in [3.05, 3.63) is 35.4 Å². The van der Waals surface area contributed by atoms with Crippen LogP contribution in [-0.4, -0.2) is 29.4 Å². The molecule has 0 aliphatic heterocycles. The van der Waals surface area contributed by atoms with Gasteiger partial charge in [0.2, 0.25) is 5.91 Å². The lowest BCUT2D eigenvalue weighted by Gasteiger charge is -2.08. The maximum atomic E-state index is 11.8. The highest BCUT2D eigenvalue weighted by Gasteiger charge is 2.11. The summed E-state index contributed by atoms with van der Waals surface area (Å²) < 4.78 is 0. The molecule has 0 aromatic heterocycles. The first kappa shape index (κ1) is 16.7. The van der Waals surface area contributed by atoms with E-state index in [1.165, 1.54) is 6.92 Å². The number of carboxylic acids is 1. The second-order valence-electron chi connectivity index (χ2n) is 4.89. The summed E-state index contributed by atoms with van der Waals surface area (Å²) in [5.41, 5.74) is 1.41. The summed E-state index contributed by atoms with van der Waals surface area (Å²) in [6.07, 6.45) is 0.391. The van der Waals surface area contributed by atoms with Crippen LogP contribution in [0.4, 0.5) is 0 Å². The molecule has 0 saturated carbocycles. The molecule has 1 aromatic carbocycles. The number of aliphatic carboxylic acids is 1. The number of rotatable bonds is 7. The van der Waals surface area contributed by atoms with E-state index in [0.29, 0.717) is 25.1 Å². The Morgan fingerprint density at radius 1 is 1.14 bits per heavy atom. The van der Waals surface area contributed by atoms with Gasteiger partial charge < -0.3 is 15.7 Å². The van der Waals surface area contributed by atoms with Gasteiger partial charge >= 0.3 is 5.97 Å². The molecule has 0 aliphatic carbocycles. The first-order valence-electron chi connectivity index (χ1n) is 6.74. The Kier molecular flexibility index (Phi) is 6.39. The third-order valence-corrected chi connectivity index (χ3v) is 3.04. The molecule has 6 nitrogen and oxygen atoms in total. The first-order valence-corrected chi connectivity index (χ1v) is 6.74. The highest BCUT2D eigenvalue weighted by atomic mass is 16.4. The molecule has 6 heteroatoms. The molecule has 1 aromatic rings. The van der Waals surface area contributed by atoms with Gasteiger partial charge in [-0.1, -0.05) is 19.1 Å². The summed E-state index contributed by atoms with van der Waals surface area (Å²) in [5, 5.41) is 14.1. The number of carbonyl (C=O) groups is 3. The minimum absolute atomic E-state index is 0.107. The summed E-state index contributed by atoms with van der Waals surface area (Å²) in [7, 11) is 0. The molecule has 21 heavy (non-hydrogen) atoms. The van der Waals surface area contributed by atoms with Crippen molar-refractivity contribution in [1.82, 2.24) is 10.6 Å². The number of carboxylic acid groups (broad SMARTS) is 1. The molecule has 0 bridgehead atoms. The van der Waals surface area contributed by atoms with Crippen LogP contribution in [0, 0.1) is 5.92 Å². The van der Waals surface area contributed by atoms with E-state index in [1.807, 2.05) is 0 Å². The van der Waals surface area contributed by atoms with Gasteiger partial charge in [0.05, 0.1) is 5.92 Å². The normalized spacial score (nSPS) is 11.5. The lowest BCUT2D eigenvalue weighted by molar-refractivity contribution is -0.141. The van der Waals surface area contributed by atoms with Crippen molar-refractivity contribution in [2.75, 3.05) is 6.54 Å². The largest absolute Gasteiger partial charge is 0.481 e. The Labute approximate surface area is 123 Å². The van der Waals surface area contributed by atoms with Gasteiger partial charge in [-0.05, 0) is 24.1 Å². The molecular formula is C15H20N2O4. The Balaban J connectivity index is 2.44. The van der Waals surface area contributed by atoms with Crippen molar-refractivity contribution in [3.63, 3.8) is 0 Å². The Bertz CT molecular complexity index is 511. The molecule has 3 N–H and O–H groups in total. The zero-order valence-electron chi connectivity index (χ0n) is 12.2. The van der Waals surface area contributed by atoms with E-state index in [-0.39, 0.29) is 11.8 Å². The maximum absolute atomic E-state index is 11.8. The van der Waals surface area contributed by atoms with Crippen molar-refractivity contribution in [2.24, 2.45) is 5.92 Å². The Morgan fingerprint density at radius 3 is 2.29 bits per heavy atom. The third kappa shape index (κ3) is 6.07. The second-order valence-corrected chi connectivity index (χ2v) is 4.89. The molecule has 0 radical (unpaired) electrons. The predicted octanol–water partition coefficient (Wildman–Crippen LogP) is 1.16. The Morgan fingerprint density at radius 2 is 1.76 bits per heavy atom. The molecule has 2 amide bonds. The van der Waals surface area contributed by atoms with Crippen molar-refractivity contribution in [2.45, 2.75) is 26.8 Å². The number of hydrogen-bond donors (Lipinski definition) is 3. The van der Waals surface area contributed by atoms with E-state index in [1.54, 1.807) is 31.2 Å². The lowest BCUT2D eigenvalue weighted by atomic mass is 10.1. The van der Waals surface area contributed by atoms with E-state index in [2.05, 4.69) is 10.6 Å². The molecule has 1 unspecified atom stereocenters. The number of benzene rings is 1. The molecule has 0 heterocycles. The molecule has 114 valence electrons. The van der Waals surface area contributed by atoms with Gasteiger partial charge in [0.1, 0.15) is 0 Å². The van der Waals surface area contributed by atoms with Gasteiger partial charge in [0, 0.05) is 25.6 Å². The first-order chi connectivity index (χ1) is 9.90. The van der Waals surface area contributed by atoms with Gasteiger partial charge in [-0.15, -0.1) is 0 Å². The lowest BCUT2D eigenvalue weighted by Crippen LogP contribution is -2.27. The van der Waals surface area contributed by atoms with Crippen LogP contribution >= 0.6 is 0 Å². The smallest absolute Gasteiger partial charge is 0.306 e. The highest BCUT2D eigenvalue weighted by molar-refractivity contribution is 5.94. The van der Waals surface area contributed by atoms with Crippen LogP contribution in [-0.2, 0) is 16.1 Å². The van der Waals surface area contributed by atoms with E-state index in [0.717, 1.165) is 5.56 Å². The van der Waals surface area contributed by atoms with E-state index < -0.39 is 11.9 Å². The fourth-order valence-electron chi connectivity index (χ4n) is 1.63. The fourth-order valence-corrected chi connectivity index (χ4v) is 1.63. The average molecular weight is 292 g/mol. The van der Waals surface area contributed by atoms with Crippen LogP contribution < -0.4 is 10.6 Å². The van der Waals surface area contributed by atoms with Gasteiger partial charge in [-0.2, -0.15) is 0 Å². The van der Waals surface area contributed by atoms with Crippen LogP contribution in [0.1, 0.15) is 36.2 Å². The van der Waals surface area contributed by atoms with Crippen molar-refractivity contribution >= 4 is 17.8 Å². The molecule has 0 spiro atoms. The van der Waals surface area contributed by atoms with Gasteiger partial charge in [0.15, 0.2) is 0 Å². The van der Waals surface area contributed by atoms with Crippen molar-refractivity contribution in [1.29, 1.82) is 0 Å². The van der Waals surface area contributed by atoms with Crippen LogP contribution in [0.15, 0.2) is 24.3 Å². The monoisotopic (exact) mass is 292 g/mol. The van der Waals surface area contributed by atoms with Crippen LogP contribution in [0.5, 0.6) is 0 Å². The van der Waals surface area contributed by atoms with Crippen molar-refractivity contribution < 1.29 is 19.5 Å². The summed E-state index contributed by atoms with van der Waals surface area (Å²) in [5.74, 6) is -1.69. The van der Waals surface area contributed by atoms with Crippen LogP contribution in [0.2, 0.25) is 0 Å². The zero-order valence-corrected chi connectivity index (χ0v) is 12.2. The number of amides is 2. The Hall–Kier alpha value is -2.37. The zero-order chi connectivity index (χ0) is 15.8. The van der Waals surface area contributed by atoms with Gasteiger partial charge in [-0.25, -0.2) is 0 Å². The van der Waals surface area contributed by atoms with Crippen molar-refractivity contribution in [3.8, 4) is 0 Å². The third-order valence-electron chi connectivity index (χ3n) is 3.04. The number of hydrogen-bond acceptors (Lipinski definition) is 3. The van der Waals surface area contributed by atoms with Gasteiger partial charge in [0.25, 0.3) is 5.91 Å². The minimum Gasteiger partial charge on any atom is -0.481 e. The molecule has 0 aliphatic rings. The summed E-state index contributed by atoms with van der Waals surface area (Å²) in [6, 6.07) is 6.88. The average Bonchev–Trinajstić information content (AvgIpc) is 2.45. The molecule has 1 atom stereocenters. The predicted molar refractivity (Wildman–Crippen MR) is 77.7 cm³/mol. The van der Waals surface area contributed by atoms with Crippen LogP contribution in [0.3, 0.4) is 0 Å². The SMILES string of the molecule is CC(=O)NCc1ccc(C(=O)NCCC(C)C(=O)O)cc1. The summed E-state index contributed by atoms with van der Waals surface area (Å²) >= 11 is 0. The summed E-state index contributed by atoms with van der Waals surface area (Å²) in [4.78, 5) is 33.3. The number of nitrogens with one attached hydrogen (secondary N) is 2. The molecule has 1 rings (SSSR count). The minimum atomic E-state index is -0.869. The second kappa shape index (κ2) is 8.04. The maximum Gasteiger partial charge on any atom is 0.306 e. The molecule has 0 fully saturated rings. The van der Waals surface area contributed by atoms with Gasteiger partial charge in [-0.3, -0.25) is 14.4 Å². The van der Waals surface area contributed by atoms with E-state index >= 15 is 0 Å². The molecular weight excluding hydrogens is 272 g/mol.